The van der Waals surface area contributed by atoms with E-state index in [1.807, 2.05) is 56.3 Å². The predicted octanol–water partition coefficient (Wildman–Crippen LogP) is 6.82. The Morgan fingerprint density at radius 1 is 1.06 bits per heavy atom. The number of aryl methyl sites for hydroxylation is 2. The van der Waals surface area contributed by atoms with Crippen LogP contribution in [0, 0.1) is 17.8 Å². The third-order valence-electron chi connectivity index (χ3n) is 4.74. The van der Waals surface area contributed by atoms with E-state index in [4.69, 9.17) is 12.2 Å². The first-order valence-electron chi connectivity index (χ1n) is 9.75. The van der Waals surface area contributed by atoms with E-state index in [0.717, 1.165) is 27.0 Å². The molecule has 7 heteroatoms. The highest BCUT2D eigenvalue weighted by Crippen LogP contribution is 2.27. The lowest BCUT2D eigenvalue weighted by Crippen LogP contribution is -2.13. The molecular formula is C24H21N3OS3. The summed E-state index contributed by atoms with van der Waals surface area (Å²) in [5.41, 5.74) is 5.71. The number of carbonyl (C=O) groups is 1. The van der Waals surface area contributed by atoms with Crippen LogP contribution in [0.3, 0.4) is 0 Å². The zero-order valence-electron chi connectivity index (χ0n) is 17.2. The van der Waals surface area contributed by atoms with Crippen molar-refractivity contribution in [1.29, 1.82) is 0 Å². The van der Waals surface area contributed by atoms with Gasteiger partial charge in [-0.25, -0.2) is 4.68 Å². The molecule has 0 aliphatic rings. The SMILES string of the molecule is Cc1ccc(NC(=O)c2ccc(-n3nc(SCc4ccccc4)sc3=S)cc2)c(C)c1. The molecule has 0 unspecified atom stereocenters. The summed E-state index contributed by atoms with van der Waals surface area (Å²) < 4.78 is 3.35. The molecule has 0 fully saturated rings. The number of rotatable bonds is 6. The summed E-state index contributed by atoms with van der Waals surface area (Å²) in [4.78, 5) is 12.6. The Balaban J connectivity index is 1.46. The molecule has 0 aliphatic heterocycles. The molecule has 0 saturated carbocycles. The second-order valence-electron chi connectivity index (χ2n) is 7.14. The number of hydrogen-bond donors (Lipinski definition) is 1. The van der Waals surface area contributed by atoms with Crippen molar-refractivity contribution in [2.45, 2.75) is 23.9 Å². The largest absolute Gasteiger partial charge is 0.322 e. The molecule has 0 radical (unpaired) electrons. The van der Waals surface area contributed by atoms with E-state index in [-0.39, 0.29) is 5.91 Å². The van der Waals surface area contributed by atoms with Gasteiger partial charge in [0, 0.05) is 17.0 Å². The van der Waals surface area contributed by atoms with Crippen LogP contribution in [0.1, 0.15) is 27.0 Å². The van der Waals surface area contributed by atoms with E-state index >= 15 is 0 Å². The summed E-state index contributed by atoms with van der Waals surface area (Å²) in [6.07, 6.45) is 0. The fourth-order valence-electron chi connectivity index (χ4n) is 3.10. The Hall–Kier alpha value is -2.74. The van der Waals surface area contributed by atoms with Crippen LogP contribution in [-0.4, -0.2) is 15.7 Å². The van der Waals surface area contributed by atoms with Crippen LogP contribution in [0.5, 0.6) is 0 Å². The number of nitrogens with zero attached hydrogens (tertiary/aromatic N) is 2. The van der Waals surface area contributed by atoms with Crippen molar-refractivity contribution in [2.24, 2.45) is 0 Å². The van der Waals surface area contributed by atoms with Crippen molar-refractivity contribution in [3.63, 3.8) is 0 Å². The maximum absolute atomic E-state index is 12.6. The highest BCUT2D eigenvalue weighted by atomic mass is 32.2. The van der Waals surface area contributed by atoms with E-state index in [2.05, 4.69) is 28.6 Å². The molecule has 3 aromatic carbocycles. The summed E-state index contributed by atoms with van der Waals surface area (Å²) in [5, 5.41) is 7.63. The smallest absolute Gasteiger partial charge is 0.255 e. The van der Waals surface area contributed by atoms with Gasteiger partial charge in [0.05, 0.1) is 5.69 Å². The van der Waals surface area contributed by atoms with E-state index in [1.165, 1.54) is 22.5 Å². The minimum atomic E-state index is -0.139. The van der Waals surface area contributed by atoms with Crippen molar-refractivity contribution in [2.75, 3.05) is 5.32 Å². The van der Waals surface area contributed by atoms with Gasteiger partial charge < -0.3 is 5.32 Å². The van der Waals surface area contributed by atoms with Crippen LogP contribution in [-0.2, 0) is 5.75 Å². The Kier molecular flexibility index (Phi) is 6.65. The Bertz CT molecular complexity index is 1260. The van der Waals surface area contributed by atoms with Crippen LogP contribution in [0.15, 0.2) is 77.1 Å². The molecule has 1 aromatic heterocycles. The molecule has 0 saturated heterocycles. The summed E-state index contributed by atoms with van der Waals surface area (Å²) in [5.74, 6) is 0.709. The number of nitrogens with one attached hydrogen (secondary N) is 1. The van der Waals surface area contributed by atoms with Gasteiger partial charge in [-0.2, -0.15) is 0 Å². The average molecular weight is 464 g/mol. The number of anilines is 1. The molecule has 0 aliphatic carbocycles. The standard InChI is InChI=1S/C24H21N3OS3/c1-16-8-13-21(17(2)14-16)25-22(28)19-9-11-20(12-10-19)27-24(29)31-23(26-27)30-15-18-6-4-3-5-7-18/h3-14H,15H2,1-2H3,(H,25,28). The van der Waals surface area contributed by atoms with Gasteiger partial charge in [0.2, 0.25) is 0 Å². The Labute approximate surface area is 195 Å². The third kappa shape index (κ3) is 5.31. The zero-order chi connectivity index (χ0) is 21.8. The topological polar surface area (TPSA) is 46.9 Å². The molecule has 1 N–H and O–H groups in total. The van der Waals surface area contributed by atoms with Crippen LogP contribution in [0.4, 0.5) is 5.69 Å². The number of amides is 1. The second kappa shape index (κ2) is 9.60. The van der Waals surface area contributed by atoms with Gasteiger partial charge in [-0.05, 0) is 67.5 Å². The number of carbonyl (C=O) groups excluding carboxylic acids is 1. The predicted molar refractivity (Wildman–Crippen MR) is 132 cm³/mol. The van der Waals surface area contributed by atoms with Crippen molar-refractivity contribution >= 4 is 46.9 Å². The molecule has 0 spiro atoms. The number of thioether (sulfide) groups is 1. The van der Waals surface area contributed by atoms with Crippen molar-refractivity contribution < 1.29 is 4.79 Å². The third-order valence-corrected chi connectivity index (χ3v) is 7.18. The fraction of sp³-hybridized carbons (Fsp3) is 0.125. The lowest BCUT2D eigenvalue weighted by molar-refractivity contribution is 0.102. The molecule has 4 rings (SSSR count). The van der Waals surface area contributed by atoms with Crippen molar-refractivity contribution in [3.05, 3.63) is 99.0 Å². The maximum Gasteiger partial charge on any atom is 0.255 e. The molecule has 4 aromatic rings. The van der Waals surface area contributed by atoms with E-state index in [9.17, 15) is 4.79 Å². The molecule has 1 heterocycles. The summed E-state index contributed by atoms with van der Waals surface area (Å²) in [6.45, 7) is 4.02. The quantitative estimate of drug-likeness (QED) is 0.252. The normalized spacial score (nSPS) is 10.8. The molecule has 156 valence electrons. The molecular weight excluding hydrogens is 442 g/mol. The molecule has 31 heavy (non-hydrogen) atoms. The fourth-order valence-corrected chi connectivity index (χ4v) is 5.42. The van der Waals surface area contributed by atoms with Crippen LogP contribution in [0.25, 0.3) is 5.69 Å². The van der Waals surface area contributed by atoms with Crippen LogP contribution < -0.4 is 5.32 Å². The molecule has 0 bridgehead atoms. The zero-order valence-corrected chi connectivity index (χ0v) is 19.6. The van der Waals surface area contributed by atoms with Gasteiger partial charge >= 0.3 is 0 Å². The monoisotopic (exact) mass is 463 g/mol. The minimum absolute atomic E-state index is 0.139. The van der Waals surface area contributed by atoms with E-state index < -0.39 is 0 Å². The number of hydrogen-bond acceptors (Lipinski definition) is 5. The summed E-state index contributed by atoms with van der Waals surface area (Å²) >= 11 is 8.67. The first-order valence-corrected chi connectivity index (χ1v) is 12.0. The lowest BCUT2D eigenvalue weighted by atomic mass is 10.1. The van der Waals surface area contributed by atoms with Gasteiger partial charge in [-0.15, -0.1) is 5.10 Å². The van der Waals surface area contributed by atoms with Gasteiger partial charge in [0.1, 0.15) is 0 Å². The van der Waals surface area contributed by atoms with Crippen molar-refractivity contribution in [1.82, 2.24) is 9.78 Å². The summed E-state index contributed by atoms with van der Waals surface area (Å²) in [7, 11) is 0. The van der Waals surface area contributed by atoms with Crippen molar-refractivity contribution in [3.8, 4) is 5.69 Å². The highest BCUT2D eigenvalue weighted by molar-refractivity contribution is 8.00. The average Bonchev–Trinajstić information content (AvgIpc) is 3.15. The molecule has 0 atom stereocenters. The summed E-state index contributed by atoms with van der Waals surface area (Å²) in [6, 6.07) is 23.6. The van der Waals surface area contributed by atoms with Gasteiger partial charge in [0.15, 0.2) is 8.29 Å². The highest BCUT2D eigenvalue weighted by Gasteiger charge is 2.10. The first-order chi connectivity index (χ1) is 15.0. The lowest BCUT2D eigenvalue weighted by Gasteiger charge is -2.09. The number of benzene rings is 3. The first kappa shape index (κ1) is 21.5. The number of aromatic nitrogens is 2. The Morgan fingerprint density at radius 3 is 2.52 bits per heavy atom. The van der Waals surface area contributed by atoms with Gasteiger partial charge in [-0.3, -0.25) is 4.79 Å². The van der Waals surface area contributed by atoms with Crippen LogP contribution in [0.2, 0.25) is 0 Å². The van der Waals surface area contributed by atoms with Gasteiger partial charge in [0.25, 0.3) is 5.91 Å². The molecule has 4 nitrogen and oxygen atoms in total. The van der Waals surface area contributed by atoms with E-state index in [1.54, 1.807) is 28.6 Å². The van der Waals surface area contributed by atoms with Gasteiger partial charge in [-0.1, -0.05) is 71.1 Å². The Morgan fingerprint density at radius 2 is 1.81 bits per heavy atom. The maximum atomic E-state index is 12.6. The van der Waals surface area contributed by atoms with E-state index in [0.29, 0.717) is 9.52 Å². The second-order valence-corrected chi connectivity index (χ2v) is 9.98. The minimum Gasteiger partial charge on any atom is -0.322 e. The van der Waals surface area contributed by atoms with Crippen LogP contribution >= 0.6 is 35.3 Å². The molecule has 1 amide bonds.